The third-order valence-electron chi connectivity index (χ3n) is 4.18. The number of amides is 1. The van der Waals surface area contributed by atoms with E-state index in [-0.39, 0.29) is 11.9 Å². The monoisotopic (exact) mass is 408 g/mol. The maximum Gasteiger partial charge on any atom is 0.255 e. The molecule has 138 valence electrons. The number of rotatable bonds is 3. The van der Waals surface area contributed by atoms with E-state index in [1.54, 1.807) is 48.5 Å². The van der Waals surface area contributed by atoms with Gasteiger partial charge in [0.25, 0.3) is 5.91 Å². The van der Waals surface area contributed by atoms with Gasteiger partial charge >= 0.3 is 0 Å². The summed E-state index contributed by atoms with van der Waals surface area (Å²) < 4.78 is 0. The highest BCUT2D eigenvalue weighted by atomic mass is 35.5. The van der Waals surface area contributed by atoms with Gasteiger partial charge in [-0.15, -0.1) is 0 Å². The molecule has 0 bridgehead atoms. The van der Waals surface area contributed by atoms with Crippen molar-refractivity contribution in [2.24, 2.45) is 0 Å². The third kappa shape index (κ3) is 3.76. The molecule has 4 rings (SSSR count). The van der Waals surface area contributed by atoms with Crippen LogP contribution in [0.4, 0.5) is 11.6 Å². The number of carbonyl (C=O) groups is 1. The Morgan fingerprint density at radius 3 is 2.43 bits per heavy atom. The van der Waals surface area contributed by atoms with Crippen molar-refractivity contribution in [3.05, 3.63) is 82.3 Å². The molecule has 0 aliphatic carbocycles. The lowest BCUT2D eigenvalue weighted by atomic mass is 10.1. The van der Waals surface area contributed by atoms with Gasteiger partial charge in [0.05, 0.1) is 11.2 Å². The Labute approximate surface area is 171 Å². The van der Waals surface area contributed by atoms with Crippen LogP contribution in [-0.4, -0.2) is 15.9 Å². The number of nitrogens with two attached hydrogens (primary N) is 1. The topological polar surface area (TPSA) is 80.9 Å². The molecule has 7 heteroatoms. The van der Waals surface area contributed by atoms with Gasteiger partial charge in [0, 0.05) is 32.2 Å². The van der Waals surface area contributed by atoms with E-state index >= 15 is 0 Å². The van der Waals surface area contributed by atoms with Crippen LogP contribution in [0.15, 0.2) is 66.7 Å². The zero-order valence-electron chi connectivity index (χ0n) is 14.5. The highest BCUT2D eigenvalue weighted by Crippen LogP contribution is 2.30. The lowest BCUT2D eigenvalue weighted by Crippen LogP contribution is -2.11. The van der Waals surface area contributed by atoms with Crippen molar-refractivity contribution >= 4 is 51.6 Å². The van der Waals surface area contributed by atoms with Crippen LogP contribution in [0.3, 0.4) is 0 Å². The summed E-state index contributed by atoms with van der Waals surface area (Å²) in [4.78, 5) is 21.1. The van der Waals surface area contributed by atoms with E-state index in [1.165, 1.54) is 0 Å². The molecule has 5 nitrogen and oxygen atoms in total. The second-order valence-electron chi connectivity index (χ2n) is 6.13. The molecule has 0 saturated heterocycles. The minimum Gasteiger partial charge on any atom is -0.368 e. The number of nitrogens with one attached hydrogen (secondary N) is 1. The first-order chi connectivity index (χ1) is 13.5. The summed E-state index contributed by atoms with van der Waals surface area (Å²) in [7, 11) is 0. The molecule has 1 heterocycles. The van der Waals surface area contributed by atoms with E-state index in [2.05, 4.69) is 15.3 Å². The van der Waals surface area contributed by atoms with Gasteiger partial charge in [0.15, 0.2) is 0 Å². The molecule has 0 aliphatic heterocycles. The zero-order chi connectivity index (χ0) is 19.7. The van der Waals surface area contributed by atoms with E-state index < -0.39 is 0 Å². The van der Waals surface area contributed by atoms with Crippen LogP contribution < -0.4 is 11.1 Å². The summed E-state index contributed by atoms with van der Waals surface area (Å²) in [6, 6.07) is 19.4. The Morgan fingerprint density at radius 2 is 1.64 bits per heavy atom. The summed E-state index contributed by atoms with van der Waals surface area (Å²) in [6.07, 6.45) is 0. The summed E-state index contributed by atoms with van der Waals surface area (Å²) in [5, 5.41) is 4.81. The number of carbonyl (C=O) groups excluding carboxylic acids is 1. The summed E-state index contributed by atoms with van der Waals surface area (Å²) in [5.41, 5.74) is 9.14. The Balaban J connectivity index is 1.71. The van der Waals surface area contributed by atoms with Crippen molar-refractivity contribution in [1.82, 2.24) is 9.97 Å². The molecule has 1 amide bonds. The summed E-state index contributed by atoms with van der Waals surface area (Å²) in [5.74, 6) is -0.0654. The van der Waals surface area contributed by atoms with Crippen molar-refractivity contribution in [2.45, 2.75) is 0 Å². The molecule has 0 aliphatic rings. The first kappa shape index (κ1) is 18.2. The Bertz CT molecular complexity index is 1190. The molecule has 3 N–H and O–H groups in total. The molecular formula is C21H14Cl2N4O. The largest absolute Gasteiger partial charge is 0.368 e. The molecule has 0 fully saturated rings. The van der Waals surface area contributed by atoms with Crippen LogP contribution in [0.5, 0.6) is 0 Å². The maximum atomic E-state index is 12.5. The standard InChI is InChI=1S/C21H14Cl2N4O/c22-14-6-4-12(5-7-14)20(28)25-16-3-1-2-13(10-16)19-17-11-15(23)8-9-18(17)26-21(24)27-19/h1-11H,(H,25,28)(H2,24,26,27). The molecule has 0 saturated carbocycles. The van der Waals surface area contributed by atoms with Crippen LogP contribution in [-0.2, 0) is 0 Å². The van der Waals surface area contributed by atoms with Gasteiger partial charge in [0.2, 0.25) is 5.95 Å². The van der Waals surface area contributed by atoms with Gasteiger partial charge in [-0.05, 0) is 54.6 Å². The average molecular weight is 409 g/mol. The number of hydrogen-bond donors (Lipinski definition) is 2. The zero-order valence-corrected chi connectivity index (χ0v) is 16.0. The predicted octanol–water partition coefficient (Wildman–Crippen LogP) is 5.44. The number of nitrogen functional groups attached to an aromatic ring is 1. The number of nitrogens with zero attached hydrogens (tertiary/aromatic N) is 2. The van der Waals surface area contributed by atoms with E-state index in [9.17, 15) is 4.79 Å². The Morgan fingerprint density at radius 1 is 0.893 bits per heavy atom. The van der Waals surface area contributed by atoms with Gasteiger partial charge in [-0.2, -0.15) is 0 Å². The second-order valence-corrected chi connectivity index (χ2v) is 7.01. The predicted molar refractivity (Wildman–Crippen MR) is 114 cm³/mol. The molecule has 28 heavy (non-hydrogen) atoms. The number of benzene rings is 3. The third-order valence-corrected chi connectivity index (χ3v) is 4.66. The molecule has 0 unspecified atom stereocenters. The number of anilines is 2. The fourth-order valence-corrected chi connectivity index (χ4v) is 3.19. The molecular weight excluding hydrogens is 395 g/mol. The molecule has 0 radical (unpaired) electrons. The van der Waals surface area contributed by atoms with Gasteiger partial charge < -0.3 is 11.1 Å². The smallest absolute Gasteiger partial charge is 0.255 e. The SMILES string of the molecule is Nc1nc(-c2cccc(NC(=O)c3ccc(Cl)cc3)c2)c2cc(Cl)ccc2n1. The maximum absolute atomic E-state index is 12.5. The second kappa shape index (κ2) is 7.46. The van der Waals surface area contributed by atoms with Crippen LogP contribution >= 0.6 is 23.2 Å². The van der Waals surface area contributed by atoms with Gasteiger partial charge in [0.1, 0.15) is 0 Å². The minimum absolute atomic E-state index is 0.167. The van der Waals surface area contributed by atoms with Crippen molar-refractivity contribution in [2.75, 3.05) is 11.1 Å². The molecule has 3 aromatic carbocycles. The normalized spacial score (nSPS) is 10.8. The summed E-state index contributed by atoms with van der Waals surface area (Å²) >= 11 is 12.0. The average Bonchev–Trinajstić information content (AvgIpc) is 2.68. The molecule has 0 spiro atoms. The highest BCUT2D eigenvalue weighted by Gasteiger charge is 2.11. The van der Waals surface area contributed by atoms with E-state index in [0.29, 0.717) is 32.5 Å². The number of hydrogen-bond acceptors (Lipinski definition) is 4. The fourth-order valence-electron chi connectivity index (χ4n) is 2.89. The number of halogens is 2. The van der Waals surface area contributed by atoms with E-state index in [1.807, 2.05) is 18.2 Å². The van der Waals surface area contributed by atoms with Crippen molar-refractivity contribution in [1.29, 1.82) is 0 Å². The lowest BCUT2D eigenvalue weighted by Gasteiger charge is -2.10. The molecule has 1 aromatic heterocycles. The Hall–Kier alpha value is -3.15. The number of fused-ring (bicyclic) bond motifs is 1. The lowest BCUT2D eigenvalue weighted by molar-refractivity contribution is 0.102. The van der Waals surface area contributed by atoms with Crippen molar-refractivity contribution in [3.8, 4) is 11.3 Å². The van der Waals surface area contributed by atoms with Crippen LogP contribution in [0.1, 0.15) is 10.4 Å². The minimum atomic E-state index is -0.232. The first-order valence-electron chi connectivity index (χ1n) is 8.40. The quantitative estimate of drug-likeness (QED) is 0.472. The number of aromatic nitrogens is 2. The van der Waals surface area contributed by atoms with Crippen molar-refractivity contribution < 1.29 is 4.79 Å². The van der Waals surface area contributed by atoms with Crippen LogP contribution in [0.2, 0.25) is 10.0 Å². The Kier molecular flexibility index (Phi) is 4.86. The van der Waals surface area contributed by atoms with Gasteiger partial charge in [-0.3, -0.25) is 4.79 Å². The molecule has 4 aromatic rings. The van der Waals surface area contributed by atoms with E-state index in [4.69, 9.17) is 28.9 Å². The highest BCUT2D eigenvalue weighted by molar-refractivity contribution is 6.31. The van der Waals surface area contributed by atoms with Crippen LogP contribution in [0, 0.1) is 0 Å². The van der Waals surface area contributed by atoms with Crippen LogP contribution in [0.25, 0.3) is 22.2 Å². The first-order valence-corrected chi connectivity index (χ1v) is 9.15. The molecule has 0 atom stereocenters. The van der Waals surface area contributed by atoms with Gasteiger partial charge in [-0.25, -0.2) is 9.97 Å². The van der Waals surface area contributed by atoms with Gasteiger partial charge in [-0.1, -0.05) is 35.3 Å². The summed E-state index contributed by atoms with van der Waals surface area (Å²) in [6.45, 7) is 0. The fraction of sp³-hybridized carbons (Fsp3) is 0. The van der Waals surface area contributed by atoms with E-state index in [0.717, 1.165) is 10.9 Å². The van der Waals surface area contributed by atoms with Crippen molar-refractivity contribution in [3.63, 3.8) is 0 Å².